The van der Waals surface area contributed by atoms with Gasteiger partial charge in [0, 0.05) is 22.1 Å². The molecule has 20 heavy (non-hydrogen) atoms. The van der Waals surface area contributed by atoms with Gasteiger partial charge in [-0.2, -0.15) is 0 Å². The normalized spacial score (nSPS) is 10.6. The second-order valence-electron chi connectivity index (χ2n) is 4.15. The van der Waals surface area contributed by atoms with E-state index in [9.17, 15) is 0 Å². The van der Waals surface area contributed by atoms with E-state index in [0.717, 1.165) is 39.3 Å². The van der Waals surface area contributed by atoms with Gasteiger partial charge in [0.15, 0.2) is 0 Å². The molecular weight excluding hydrogens is 402 g/mol. The van der Waals surface area contributed by atoms with Gasteiger partial charge in [-0.25, -0.2) is 9.97 Å². The fourth-order valence-corrected chi connectivity index (χ4v) is 2.88. The molecule has 0 aliphatic heterocycles. The maximum Gasteiger partial charge on any atom is 0.144 e. The molecule has 0 aliphatic carbocycles. The van der Waals surface area contributed by atoms with Crippen LogP contribution in [0.15, 0.2) is 44.3 Å². The third-order valence-electron chi connectivity index (χ3n) is 2.52. The lowest BCUT2D eigenvalue weighted by atomic mass is 10.4. The number of benzene rings is 1. The molecule has 0 spiro atoms. The minimum absolute atomic E-state index is 0.760. The van der Waals surface area contributed by atoms with Gasteiger partial charge in [0.05, 0.1) is 10.2 Å². The molecule has 0 aliphatic rings. The molecule has 0 atom stereocenters. The van der Waals surface area contributed by atoms with Crippen molar-refractivity contribution in [1.29, 1.82) is 0 Å². The average molecular weight is 417 g/mol. The maximum atomic E-state index is 4.54. The first-order valence-corrected chi connectivity index (χ1v) is 8.90. The zero-order chi connectivity index (χ0) is 14.4. The number of rotatable bonds is 6. The monoisotopic (exact) mass is 415 g/mol. The van der Waals surface area contributed by atoms with Crippen LogP contribution in [0.25, 0.3) is 0 Å². The van der Waals surface area contributed by atoms with Crippen LogP contribution in [0.4, 0.5) is 5.82 Å². The summed E-state index contributed by atoms with van der Waals surface area (Å²) in [5, 5.41) is 3.30. The van der Waals surface area contributed by atoms with E-state index in [1.807, 2.05) is 18.3 Å². The van der Waals surface area contributed by atoms with Crippen LogP contribution in [-0.4, -0.2) is 16.5 Å². The Morgan fingerprint density at radius 2 is 1.95 bits per heavy atom. The van der Waals surface area contributed by atoms with Crippen molar-refractivity contribution in [2.75, 3.05) is 11.9 Å². The molecule has 0 radical (unpaired) electrons. The van der Waals surface area contributed by atoms with E-state index in [-0.39, 0.29) is 0 Å². The highest BCUT2D eigenvalue weighted by molar-refractivity contribution is 9.10. The maximum absolute atomic E-state index is 4.54. The Morgan fingerprint density at radius 1 is 1.20 bits per heavy atom. The third kappa shape index (κ3) is 4.75. The summed E-state index contributed by atoms with van der Waals surface area (Å²) in [6.45, 7) is 3.04. The highest BCUT2D eigenvalue weighted by atomic mass is 79.9. The van der Waals surface area contributed by atoms with E-state index < -0.39 is 0 Å². The van der Waals surface area contributed by atoms with Gasteiger partial charge in [0.2, 0.25) is 0 Å². The predicted molar refractivity (Wildman–Crippen MR) is 92.2 cm³/mol. The second kappa shape index (κ2) is 8.00. The van der Waals surface area contributed by atoms with Crippen LogP contribution in [0.5, 0.6) is 0 Å². The number of aromatic nitrogens is 2. The molecule has 1 heterocycles. The van der Waals surface area contributed by atoms with Crippen molar-refractivity contribution in [1.82, 2.24) is 9.97 Å². The van der Waals surface area contributed by atoms with Crippen molar-refractivity contribution in [3.8, 4) is 0 Å². The van der Waals surface area contributed by atoms with Gasteiger partial charge in [-0.05, 0) is 46.6 Å². The Labute approximate surface area is 140 Å². The van der Waals surface area contributed by atoms with E-state index in [0.29, 0.717) is 0 Å². The van der Waals surface area contributed by atoms with Crippen LogP contribution in [0.3, 0.4) is 0 Å². The van der Waals surface area contributed by atoms with Gasteiger partial charge in [-0.1, -0.05) is 22.9 Å². The molecule has 0 amide bonds. The summed E-state index contributed by atoms with van der Waals surface area (Å²) in [6, 6.07) is 8.26. The average Bonchev–Trinajstić information content (AvgIpc) is 2.46. The molecule has 0 bridgehead atoms. The lowest BCUT2D eigenvalue weighted by molar-refractivity contribution is 0.946. The van der Waals surface area contributed by atoms with Crippen LogP contribution in [-0.2, 0) is 5.75 Å². The molecule has 1 N–H and O–H groups in total. The molecule has 6 heteroatoms. The number of thioether (sulfide) groups is 1. The molecule has 1 aromatic heterocycles. The molecule has 0 unspecified atom stereocenters. The van der Waals surface area contributed by atoms with Crippen LogP contribution in [0.2, 0.25) is 0 Å². The van der Waals surface area contributed by atoms with E-state index in [1.54, 1.807) is 11.8 Å². The number of hydrogen-bond acceptors (Lipinski definition) is 4. The second-order valence-corrected chi connectivity index (χ2v) is 6.97. The molecule has 0 saturated carbocycles. The van der Waals surface area contributed by atoms with Gasteiger partial charge in [-0.3, -0.25) is 0 Å². The van der Waals surface area contributed by atoms with Crippen molar-refractivity contribution in [3.63, 3.8) is 0 Å². The van der Waals surface area contributed by atoms with Gasteiger partial charge in [0.1, 0.15) is 11.6 Å². The van der Waals surface area contributed by atoms with Crippen molar-refractivity contribution in [3.05, 3.63) is 45.2 Å². The molecule has 2 rings (SSSR count). The SMILES string of the molecule is CCCNc1nc(CSc2ccc(Br)cc2)ncc1Br. The summed E-state index contributed by atoms with van der Waals surface area (Å²) >= 11 is 8.63. The fourth-order valence-electron chi connectivity index (χ4n) is 1.52. The zero-order valence-electron chi connectivity index (χ0n) is 11.1. The molecule has 3 nitrogen and oxygen atoms in total. The summed E-state index contributed by atoms with van der Waals surface area (Å²) in [5.41, 5.74) is 0. The number of anilines is 1. The number of halogens is 2. The minimum Gasteiger partial charge on any atom is -0.369 e. The molecule has 0 fully saturated rings. The van der Waals surface area contributed by atoms with Crippen LogP contribution in [0, 0.1) is 0 Å². The van der Waals surface area contributed by atoms with Crippen molar-refractivity contribution in [2.45, 2.75) is 24.0 Å². The first-order chi connectivity index (χ1) is 9.69. The van der Waals surface area contributed by atoms with E-state index >= 15 is 0 Å². The lowest BCUT2D eigenvalue weighted by Gasteiger charge is -2.08. The van der Waals surface area contributed by atoms with Gasteiger partial charge in [-0.15, -0.1) is 11.8 Å². The summed E-state index contributed by atoms with van der Waals surface area (Å²) in [7, 11) is 0. The van der Waals surface area contributed by atoms with Crippen molar-refractivity contribution in [2.24, 2.45) is 0 Å². The molecule has 2 aromatic rings. The largest absolute Gasteiger partial charge is 0.369 e. The zero-order valence-corrected chi connectivity index (χ0v) is 15.1. The summed E-state index contributed by atoms with van der Waals surface area (Å²) in [6.07, 6.45) is 2.88. The minimum atomic E-state index is 0.760. The molecule has 106 valence electrons. The number of hydrogen-bond donors (Lipinski definition) is 1. The Kier molecular flexibility index (Phi) is 6.32. The quantitative estimate of drug-likeness (QED) is 0.663. The summed E-state index contributed by atoms with van der Waals surface area (Å²) in [5.74, 6) is 2.46. The predicted octanol–water partition coefficient (Wildman–Crippen LogP) is 5.12. The van der Waals surface area contributed by atoms with Crippen LogP contribution in [0.1, 0.15) is 19.2 Å². The Balaban J connectivity index is 2.00. The van der Waals surface area contributed by atoms with Crippen LogP contribution < -0.4 is 5.32 Å². The van der Waals surface area contributed by atoms with Gasteiger partial charge in [0.25, 0.3) is 0 Å². The topological polar surface area (TPSA) is 37.8 Å². The standard InChI is InChI=1S/C14H15Br2N3S/c1-2-7-17-14-12(16)8-18-13(19-14)9-20-11-5-3-10(15)4-6-11/h3-6,8H,2,7,9H2,1H3,(H,17,18,19). The van der Waals surface area contributed by atoms with E-state index in [4.69, 9.17) is 0 Å². The molecule has 1 aromatic carbocycles. The third-order valence-corrected chi connectivity index (χ3v) is 4.64. The highest BCUT2D eigenvalue weighted by Crippen LogP contribution is 2.25. The highest BCUT2D eigenvalue weighted by Gasteiger charge is 2.05. The van der Waals surface area contributed by atoms with Crippen molar-refractivity contribution >= 4 is 49.4 Å². The Hall–Kier alpha value is -0.590. The lowest BCUT2D eigenvalue weighted by Crippen LogP contribution is -2.05. The summed E-state index contributed by atoms with van der Waals surface area (Å²) < 4.78 is 2.00. The fraction of sp³-hybridized carbons (Fsp3) is 0.286. The Morgan fingerprint density at radius 3 is 2.65 bits per heavy atom. The van der Waals surface area contributed by atoms with E-state index in [1.165, 1.54) is 4.90 Å². The van der Waals surface area contributed by atoms with Crippen LogP contribution >= 0.6 is 43.6 Å². The van der Waals surface area contributed by atoms with E-state index in [2.05, 4.69) is 66.2 Å². The number of nitrogens with zero attached hydrogens (tertiary/aromatic N) is 2. The van der Waals surface area contributed by atoms with Crippen molar-refractivity contribution < 1.29 is 0 Å². The first-order valence-electron chi connectivity index (χ1n) is 6.32. The molecular formula is C14H15Br2N3S. The smallest absolute Gasteiger partial charge is 0.144 e. The Bertz CT molecular complexity index is 561. The summed E-state index contributed by atoms with van der Waals surface area (Å²) in [4.78, 5) is 10.1. The van der Waals surface area contributed by atoms with Gasteiger partial charge >= 0.3 is 0 Å². The first kappa shape index (κ1) is 15.8. The number of nitrogens with one attached hydrogen (secondary N) is 1. The molecule has 0 saturated heterocycles. The van der Waals surface area contributed by atoms with Gasteiger partial charge < -0.3 is 5.32 Å².